The molecule has 0 saturated carbocycles. The molecule has 1 fully saturated rings. The van der Waals surface area contributed by atoms with Crippen LogP contribution < -0.4 is 14.4 Å². The van der Waals surface area contributed by atoms with Crippen molar-refractivity contribution in [3.8, 4) is 11.5 Å². The Labute approximate surface area is 273 Å². The number of allylic oxidation sites excluding steroid dienone is 2. The van der Waals surface area contributed by atoms with E-state index in [0.717, 1.165) is 62.6 Å². The quantitative estimate of drug-likeness (QED) is 0.183. The van der Waals surface area contributed by atoms with Gasteiger partial charge in [-0.3, -0.25) is 9.69 Å². The van der Waals surface area contributed by atoms with E-state index in [9.17, 15) is 4.79 Å². The second kappa shape index (κ2) is 16.6. The number of ether oxygens (including phenoxy) is 2. The van der Waals surface area contributed by atoms with Crippen molar-refractivity contribution in [2.75, 3.05) is 44.4 Å². The molecule has 3 aliphatic rings. The molecule has 0 aliphatic carbocycles. The summed E-state index contributed by atoms with van der Waals surface area (Å²) >= 11 is 1.88. The number of para-hydroxylation sites is 2. The van der Waals surface area contributed by atoms with Gasteiger partial charge in [0.05, 0.1) is 11.4 Å². The van der Waals surface area contributed by atoms with Crippen molar-refractivity contribution in [3.63, 3.8) is 0 Å². The summed E-state index contributed by atoms with van der Waals surface area (Å²) in [6.07, 6.45) is 10.7. The highest BCUT2D eigenvalue weighted by Gasteiger charge is 2.25. The van der Waals surface area contributed by atoms with E-state index in [1.54, 1.807) is 12.2 Å². The molecular weight excluding hydrogens is 590 g/mol. The zero-order valence-corrected chi connectivity index (χ0v) is 27.6. The Bertz CT molecular complexity index is 1390. The third-order valence-electron chi connectivity index (χ3n) is 8.12. The van der Waals surface area contributed by atoms with Crippen LogP contribution >= 0.6 is 24.2 Å². The third-order valence-corrected chi connectivity index (χ3v) is 9.25. The van der Waals surface area contributed by atoms with Crippen LogP contribution in [0, 0.1) is 0 Å². The Morgan fingerprint density at radius 3 is 2.18 bits per heavy atom. The number of rotatable bonds is 8. The predicted molar refractivity (Wildman–Crippen MR) is 185 cm³/mol. The molecule has 44 heavy (non-hydrogen) atoms. The normalized spacial score (nSPS) is 15.8. The Balaban J connectivity index is 0.000000197. The van der Waals surface area contributed by atoms with Crippen LogP contribution in [0.15, 0.2) is 94.7 Å². The number of nitrogens with zero attached hydrogens (tertiary/aromatic N) is 3. The highest BCUT2D eigenvalue weighted by molar-refractivity contribution is 7.99. The number of likely N-dealkylation sites (N-methyl/N-ethyl adjacent to an activating group) is 1. The first kappa shape index (κ1) is 33.5. The van der Waals surface area contributed by atoms with Gasteiger partial charge in [-0.25, -0.2) is 0 Å². The van der Waals surface area contributed by atoms with Crippen molar-refractivity contribution < 1.29 is 14.3 Å². The molecule has 0 aromatic heterocycles. The summed E-state index contributed by atoms with van der Waals surface area (Å²) in [4.78, 5) is 21.6. The van der Waals surface area contributed by atoms with Gasteiger partial charge in [-0.2, -0.15) is 0 Å². The SMILES string of the molecule is CCN(CC)C(C)CN1c2ccccc2Sc2ccccc21.Cl.O=C(C=CC=Cc1ccc2c(c1)OCO2)N1CCCCC1. The largest absolute Gasteiger partial charge is 0.454 e. The van der Waals surface area contributed by atoms with Gasteiger partial charge in [0.1, 0.15) is 0 Å². The lowest BCUT2D eigenvalue weighted by Crippen LogP contribution is -2.41. The lowest BCUT2D eigenvalue weighted by molar-refractivity contribution is -0.126. The lowest BCUT2D eigenvalue weighted by Gasteiger charge is -2.37. The molecule has 3 aliphatic heterocycles. The van der Waals surface area contributed by atoms with E-state index in [-0.39, 0.29) is 25.1 Å². The van der Waals surface area contributed by atoms with E-state index in [1.165, 1.54) is 27.6 Å². The van der Waals surface area contributed by atoms with Gasteiger partial charge in [0.15, 0.2) is 11.5 Å². The van der Waals surface area contributed by atoms with Crippen molar-refractivity contribution in [1.82, 2.24) is 9.80 Å². The number of benzene rings is 3. The standard InChI is InChI=1S/C19H24N2S.C17H19NO3.ClH/c1-4-20(5-2)15(3)14-21-16-10-6-8-12-18(16)22-19-13-9-7-11-17(19)21;19-17(18-10-4-1-5-11-18)7-3-2-6-14-8-9-15-16(12-14)21-13-20-15;/h6-13,15H,4-5,14H2,1-3H3;2-3,6-9,12H,1,4-5,10-11,13H2;1H. The van der Waals surface area contributed by atoms with Crippen molar-refractivity contribution in [2.45, 2.75) is 55.9 Å². The highest BCUT2D eigenvalue weighted by atomic mass is 35.5. The number of carbonyl (C=O) groups excluding carboxylic acids is 1. The molecule has 0 N–H and O–H groups in total. The summed E-state index contributed by atoms with van der Waals surface area (Å²) in [5.74, 6) is 1.65. The predicted octanol–water partition coefficient (Wildman–Crippen LogP) is 8.44. The second-order valence-electron chi connectivity index (χ2n) is 10.9. The third kappa shape index (κ3) is 8.40. The molecule has 0 bridgehead atoms. The minimum absolute atomic E-state index is 0. The van der Waals surface area contributed by atoms with Crippen molar-refractivity contribution >= 4 is 47.5 Å². The minimum Gasteiger partial charge on any atom is -0.454 e. The molecule has 1 unspecified atom stereocenters. The molecule has 1 saturated heterocycles. The molecule has 1 atom stereocenters. The first-order valence-electron chi connectivity index (χ1n) is 15.5. The Kier molecular flexibility index (Phi) is 12.7. The van der Waals surface area contributed by atoms with Crippen LogP contribution in [0.5, 0.6) is 11.5 Å². The average Bonchev–Trinajstić information content (AvgIpc) is 3.52. The van der Waals surface area contributed by atoms with Gasteiger partial charge in [0.25, 0.3) is 0 Å². The Hall–Kier alpha value is -3.39. The van der Waals surface area contributed by atoms with Crippen LogP contribution in [0.25, 0.3) is 6.08 Å². The zero-order chi connectivity index (χ0) is 30.0. The van der Waals surface area contributed by atoms with Crippen LogP contribution in [-0.4, -0.2) is 61.3 Å². The van der Waals surface area contributed by atoms with Gasteiger partial charge in [0.2, 0.25) is 12.7 Å². The molecule has 3 heterocycles. The lowest BCUT2D eigenvalue weighted by atomic mass is 10.1. The van der Waals surface area contributed by atoms with E-state index >= 15 is 0 Å². The van der Waals surface area contributed by atoms with E-state index in [0.29, 0.717) is 6.04 Å². The van der Waals surface area contributed by atoms with Crippen LogP contribution in [0.4, 0.5) is 11.4 Å². The van der Waals surface area contributed by atoms with E-state index in [1.807, 2.05) is 47.0 Å². The van der Waals surface area contributed by atoms with Crippen LogP contribution in [0.2, 0.25) is 0 Å². The number of carbonyl (C=O) groups is 1. The maximum absolute atomic E-state index is 11.9. The number of fused-ring (bicyclic) bond motifs is 3. The van der Waals surface area contributed by atoms with Crippen molar-refractivity contribution in [1.29, 1.82) is 0 Å². The average molecular weight is 634 g/mol. The first-order chi connectivity index (χ1) is 21.1. The molecule has 6 rings (SSSR count). The van der Waals surface area contributed by atoms with Crippen molar-refractivity contribution in [3.05, 3.63) is 90.5 Å². The number of hydrogen-bond acceptors (Lipinski definition) is 6. The molecule has 3 aromatic carbocycles. The van der Waals surface area contributed by atoms with Crippen LogP contribution in [0.3, 0.4) is 0 Å². The number of anilines is 2. The van der Waals surface area contributed by atoms with Crippen molar-refractivity contribution in [2.24, 2.45) is 0 Å². The Morgan fingerprint density at radius 2 is 1.52 bits per heavy atom. The summed E-state index contributed by atoms with van der Waals surface area (Å²) in [7, 11) is 0. The molecule has 3 aromatic rings. The number of hydrogen-bond donors (Lipinski definition) is 0. The van der Waals surface area contributed by atoms with Gasteiger partial charge in [-0.1, -0.05) is 74.2 Å². The molecule has 8 heteroatoms. The van der Waals surface area contributed by atoms with Gasteiger partial charge < -0.3 is 19.3 Å². The molecule has 0 spiro atoms. The minimum atomic E-state index is 0. The molecule has 0 radical (unpaired) electrons. The van der Waals surface area contributed by atoms with Gasteiger partial charge >= 0.3 is 0 Å². The van der Waals surface area contributed by atoms with E-state index in [2.05, 4.69) is 79.1 Å². The number of piperidine rings is 1. The maximum Gasteiger partial charge on any atom is 0.246 e. The highest BCUT2D eigenvalue weighted by Crippen LogP contribution is 2.47. The second-order valence-corrected chi connectivity index (χ2v) is 12.0. The van der Waals surface area contributed by atoms with E-state index in [4.69, 9.17) is 9.47 Å². The van der Waals surface area contributed by atoms with Crippen LogP contribution in [-0.2, 0) is 4.79 Å². The number of halogens is 1. The van der Waals surface area contributed by atoms with Gasteiger partial charge in [0, 0.05) is 41.5 Å². The summed E-state index contributed by atoms with van der Waals surface area (Å²) in [6.45, 7) is 12.1. The molecule has 234 valence electrons. The Morgan fingerprint density at radius 1 is 0.886 bits per heavy atom. The van der Waals surface area contributed by atoms with Crippen LogP contribution in [0.1, 0.15) is 45.6 Å². The van der Waals surface area contributed by atoms with Gasteiger partial charge in [-0.15, -0.1) is 12.4 Å². The number of amides is 1. The fourth-order valence-corrected chi connectivity index (χ4v) is 6.84. The summed E-state index contributed by atoms with van der Waals surface area (Å²) in [6, 6.07) is 23.8. The monoisotopic (exact) mass is 633 g/mol. The summed E-state index contributed by atoms with van der Waals surface area (Å²) in [5, 5.41) is 0. The maximum atomic E-state index is 11.9. The molecule has 1 amide bonds. The first-order valence-corrected chi connectivity index (χ1v) is 16.3. The summed E-state index contributed by atoms with van der Waals surface area (Å²) in [5.41, 5.74) is 3.70. The van der Waals surface area contributed by atoms with Gasteiger partial charge in [-0.05, 0) is 81.2 Å². The fourth-order valence-electron chi connectivity index (χ4n) is 5.75. The fraction of sp³-hybridized carbons (Fsp3) is 0.361. The van der Waals surface area contributed by atoms with E-state index < -0.39 is 0 Å². The number of likely N-dealkylation sites (tertiary alicyclic amines) is 1. The topological polar surface area (TPSA) is 45.3 Å². The molecule has 6 nitrogen and oxygen atoms in total. The summed E-state index contributed by atoms with van der Waals surface area (Å²) < 4.78 is 10.6. The zero-order valence-electron chi connectivity index (χ0n) is 26.0. The smallest absolute Gasteiger partial charge is 0.246 e. The molecular formula is C36H44ClN3O3S.